The van der Waals surface area contributed by atoms with E-state index in [1.165, 1.54) is 12.1 Å². The Labute approximate surface area is 100 Å². The van der Waals surface area contributed by atoms with Crippen molar-refractivity contribution in [3.05, 3.63) is 41.2 Å². The SMILES string of the molecule is C=C(Cl)COc1ccc(F)cc1CNCC. The molecule has 4 heteroatoms. The van der Waals surface area contributed by atoms with Crippen molar-refractivity contribution in [1.82, 2.24) is 5.32 Å². The maximum Gasteiger partial charge on any atom is 0.124 e. The van der Waals surface area contributed by atoms with Gasteiger partial charge in [-0.3, -0.25) is 0 Å². The second-order valence-corrected chi connectivity index (χ2v) is 3.87. The van der Waals surface area contributed by atoms with Gasteiger partial charge < -0.3 is 10.1 Å². The van der Waals surface area contributed by atoms with Gasteiger partial charge in [-0.2, -0.15) is 0 Å². The van der Waals surface area contributed by atoms with Gasteiger partial charge in [0.25, 0.3) is 0 Å². The maximum absolute atomic E-state index is 13.0. The molecule has 0 saturated heterocycles. The molecule has 0 aliphatic carbocycles. The fraction of sp³-hybridized carbons (Fsp3) is 0.333. The first-order valence-electron chi connectivity index (χ1n) is 5.08. The van der Waals surface area contributed by atoms with Crippen LogP contribution in [0.25, 0.3) is 0 Å². The summed E-state index contributed by atoms with van der Waals surface area (Å²) in [6, 6.07) is 4.42. The lowest BCUT2D eigenvalue weighted by atomic mass is 10.2. The number of rotatable bonds is 6. The molecule has 0 radical (unpaired) electrons. The van der Waals surface area contributed by atoms with Crippen LogP contribution in [0.5, 0.6) is 5.75 Å². The van der Waals surface area contributed by atoms with E-state index in [1.807, 2.05) is 6.92 Å². The van der Waals surface area contributed by atoms with E-state index in [2.05, 4.69) is 11.9 Å². The maximum atomic E-state index is 13.0. The lowest BCUT2D eigenvalue weighted by Crippen LogP contribution is -2.13. The Hall–Kier alpha value is -1.06. The summed E-state index contributed by atoms with van der Waals surface area (Å²) in [5, 5.41) is 3.53. The molecule has 1 N–H and O–H groups in total. The van der Waals surface area contributed by atoms with E-state index >= 15 is 0 Å². The van der Waals surface area contributed by atoms with E-state index in [0.29, 0.717) is 17.3 Å². The van der Waals surface area contributed by atoms with Gasteiger partial charge in [0.2, 0.25) is 0 Å². The van der Waals surface area contributed by atoms with Crippen LogP contribution >= 0.6 is 11.6 Å². The molecule has 0 heterocycles. The third-order valence-electron chi connectivity index (χ3n) is 1.97. The van der Waals surface area contributed by atoms with Crippen molar-refractivity contribution in [2.24, 2.45) is 0 Å². The first-order valence-corrected chi connectivity index (χ1v) is 5.46. The summed E-state index contributed by atoms with van der Waals surface area (Å²) >= 11 is 5.61. The quantitative estimate of drug-likeness (QED) is 0.829. The Kier molecular flexibility index (Phi) is 5.29. The molecular weight excluding hydrogens is 229 g/mol. The number of benzene rings is 1. The summed E-state index contributed by atoms with van der Waals surface area (Å²) in [6.07, 6.45) is 0. The number of ether oxygens (including phenoxy) is 1. The van der Waals surface area contributed by atoms with Crippen molar-refractivity contribution >= 4 is 11.6 Å². The van der Waals surface area contributed by atoms with Crippen LogP contribution in [0.15, 0.2) is 29.8 Å². The van der Waals surface area contributed by atoms with Gasteiger partial charge in [0, 0.05) is 17.1 Å². The van der Waals surface area contributed by atoms with Gasteiger partial charge in [-0.15, -0.1) is 0 Å². The zero-order valence-corrected chi connectivity index (χ0v) is 9.98. The highest BCUT2D eigenvalue weighted by atomic mass is 35.5. The van der Waals surface area contributed by atoms with Gasteiger partial charge in [0.05, 0.1) is 0 Å². The predicted molar refractivity (Wildman–Crippen MR) is 64.3 cm³/mol. The van der Waals surface area contributed by atoms with Crippen LogP contribution < -0.4 is 10.1 Å². The van der Waals surface area contributed by atoms with Gasteiger partial charge >= 0.3 is 0 Å². The minimum absolute atomic E-state index is 0.228. The largest absolute Gasteiger partial charge is 0.488 e. The third-order valence-corrected chi connectivity index (χ3v) is 2.08. The monoisotopic (exact) mass is 243 g/mol. The first kappa shape index (κ1) is 13.0. The Morgan fingerprint density at radius 2 is 2.31 bits per heavy atom. The third kappa shape index (κ3) is 4.21. The van der Waals surface area contributed by atoms with Crippen LogP contribution in [0.3, 0.4) is 0 Å². The smallest absolute Gasteiger partial charge is 0.124 e. The van der Waals surface area contributed by atoms with E-state index in [1.54, 1.807) is 6.07 Å². The van der Waals surface area contributed by atoms with Crippen LogP contribution in [0.2, 0.25) is 0 Å². The molecule has 0 bridgehead atoms. The van der Waals surface area contributed by atoms with Gasteiger partial charge in [0.1, 0.15) is 18.2 Å². The molecule has 0 unspecified atom stereocenters. The summed E-state index contributed by atoms with van der Waals surface area (Å²) in [7, 11) is 0. The van der Waals surface area contributed by atoms with Crippen molar-refractivity contribution in [3.63, 3.8) is 0 Å². The molecule has 0 atom stereocenters. The zero-order valence-electron chi connectivity index (χ0n) is 9.22. The highest BCUT2D eigenvalue weighted by Crippen LogP contribution is 2.20. The molecule has 1 rings (SSSR count). The molecule has 16 heavy (non-hydrogen) atoms. The zero-order chi connectivity index (χ0) is 12.0. The van der Waals surface area contributed by atoms with Crippen molar-refractivity contribution < 1.29 is 9.13 Å². The summed E-state index contributed by atoms with van der Waals surface area (Å²) in [5.41, 5.74) is 0.778. The molecule has 0 amide bonds. The summed E-state index contributed by atoms with van der Waals surface area (Å²) in [4.78, 5) is 0. The van der Waals surface area contributed by atoms with Crippen molar-refractivity contribution in [2.45, 2.75) is 13.5 Å². The van der Waals surface area contributed by atoms with Gasteiger partial charge in [0.15, 0.2) is 0 Å². The van der Waals surface area contributed by atoms with Crippen molar-refractivity contribution in [3.8, 4) is 5.75 Å². The Bertz CT molecular complexity index is 368. The Morgan fingerprint density at radius 3 is 2.94 bits per heavy atom. The van der Waals surface area contributed by atoms with E-state index in [0.717, 1.165) is 12.1 Å². The average molecular weight is 244 g/mol. The molecule has 0 aromatic heterocycles. The number of hydrogen-bond acceptors (Lipinski definition) is 2. The molecule has 0 saturated carbocycles. The summed E-state index contributed by atoms with van der Waals surface area (Å²) in [5.74, 6) is 0.356. The van der Waals surface area contributed by atoms with Crippen LogP contribution in [0, 0.1) is 5.82 Å². The topological polar surface area (TPSA) is 21.3 Å². The predicted octanol–water partition coefficient (Wildman–Crippen LogP) is 3.07. The summed E-state index contributed by atoms with van der Waals surface area (Å²) < 4.78 is 18.5. The normalized spacial score (nSPS) is 10.2. The van der Waals surface area contributed by atoms with Crippen LogP contribution in [-0.4, -0.2) is 13.2 Å². The van der Waals surface area contributed by atoms with Gasteiger partial charge in [-0.1, -0.05) is 25.1 Å². The Balaban J connectivity index is 2.76. The highest BCUT2D eigenvalue weighted by molar-refractivity contribution is 6.29. The molecule has 0 spiro atoms. The van der Waals surface area contributed by atoms with Crippen molar-refractivity contribution in [1.29, 1.82) is 0 Å². The van der Waals surface area contributed by atoms with Crippen LogP contribution in [-0.2, 0) is 6.54 Å². The minimum Gasteiger partial charge on any atom is -0.488 e. The van der Waals surface area contributed by atoms with E-state index in [-0.39, 0.29) is 12.4 Å². The standard InChI is InChI=1S/C12H15ClFNO/c1-3-15-7-10-6-11(14)4-5-12(10)16-8-9(2)13/h4-6,15H,2-3,7-8H2,1H3. The lowest BCUT2D eigenvalue weighted by molar-refractivity contribution is 0.353. The highest BCUT2D eigenvalue weighted by Gasteiger charge is 2.05. The van der Waals surface area contributed by atoms with E-state index in [4.69, 9.17) is 16.3 Å². The number of halogens is 2. The van der Waals surface area contributed by atoms with E-state index in [9.17, 15) is 4.39 Å². The molecule has 2 nitrogen and oxygen atoms in total. The number of hydrogen-bond donors (Lipinski definition) is 1. The first-order chi connectivity index (χ1) is 7.63. The molecule has 88 valence electrons. The molecular formula is C12H15ClFNO. The van der Waals surface area contributed by atoms with Crippen LogP contribution in [0.4, 0.5) is 4.39 Å². The van der Waals surface area contributed by atoms with Gasteiger partial charge in [-0.25, -0.2) is 4.39 Å². The fourth-order valence-electron chi connectivity index (χ4n) is 1.24. The molecule has 0 aliphatic heterocycles. The minimum atomic E-state index is -0.273. The molecule has 0 fully saturated rings. The van der Waals surface area contributed by atoms with Gasteiger partial charge in [-0.05, 0) is 24.7 Å². The molecule has 0 aliphatic rings. The lowest BCUT2D eigenvalue weighted by Gasteiger charge is -2.11. The van der Waals surface area contributed by atoms with Crippen molar-refractivity contribution in [2.75, 3.05) is 13.2 Å². The van der Waals surface area contributed by atoms with Crippen LogP contribution in [0.1, 0.15) is 12.5 Å². The fourth-order valence-corrected chi connectivity index (χ4v) is 1.30. The molecule has 1 aromatic rings. The second-order valence-electron chi connectivity index (χ2n) is 3.34. The average Bonchev–Trinajstić information content (AvgIpc) is 2.24. The molecule has 1 aromatic carbocycles. The summed E-state index contributed by atoms with van der Waals surface area (Å²) in [6.45, 7) is 7.13. The second kappa shape index (κ2) is 6.51. The number of nitrogens with one attached hydrogen (secondary N) is 1. The Morgan fingerprint density at radius 1 is 1.56 bits per heavy atom. The van der Waals surface area contributed by atoms with E-state index < -0.39 is 0 Å².